The Hall–Kier alpha value is -0.830. The molecular formula is C11H13NOS. The van der Waals surface area contributed by atoms with Crippen molar-refractivity contribution in [2.45, 2.75) is 31.6 Å². The van der Waals surface area contributed by atoms with Gasteiger partial charge in [-0.25, -0.2) is 0 Å². The molecule has 2 nitrogen and oxygen atoms in total. The minimum Gasteiger partial charge on any atom is -0.290 e. The Morgan fingerprint density at radius 1 is 1.50 bits per heavy atom. The lowest BCUT2D eigenvalue weighted by molar-refractivity contribution is -0.110. The number of hydrogen-bond acceptors (Lipinski definition) is 3. The van der Waals surface area contributed by atoms with Gasteiger partial charge in [0.25, 0.3) is 0 Å². The van der Waals surface area contributed by atoms with Crippen molar-refractivity contribution in [3.8, 4) is 0 Å². The molecule has 3 heteroatoms. The number of aliphatic imine (C=N–C) groups is 1. The molecule has 0 aromatic carbocycles. The van der Waals surface area contributed by atoms with Crippen LogP contribution in [0.1, 0.15) is 26.2 Å². The van der Waals surface area contributed by atoms with Crippen LogP contribution in [0.15, 0.2) is 28.1 Å². The predicted molar refractivity (Wildman–Crippen MR) is 60.6 cm³/mol. The molecule has 0 N–H and O–H groups in total. The van der Waals surface area contributed by atoms with Crippen LogP contribution in [0.5, 0.6) is 0 Å². The van der Waals surface area contributed by atoms with Gasteiger partial charge in [0.1, 0.15) is 5.37 Å². The van der Waals surface area contributed by atoms with Gasteiger partial charge in [-0.15, -0.1) is 0 Å². The highest BCUT2D eigenvalue weighted by Gasteiger charge is 2.23. The number of rotatable bonds is 3. The Bertz CT molecular complexity index is 341. The molecule has 74 valence electrons. The van der Waals surface area contributed by atoms with Crippen LogP contribution >= 0.6 is 11.8 Å². The molecular weight excluding hydrogens is 194 g/mol. The zero-order valence-corrected chi connectivity index (χ0v) is 9.01. The first-order valence-electron chi connectivity index (χ1n) is 4.98. The van der Waals surface area contributed by atoms with Crippen molar-refractivity contribution in [1.82, 2.24) is 0 Å². The van der Waals surface area contributed by atoms with Crippen molar-refractivity contribution in [1.29, 1.82) is 0 Å². The van der Waals surface area contributed by atoms with Gasteiger partial charge in [-0.2, -0.15) is 0 Å². The Morgan fingerprint density at radius 3 is 3.14 bits per heavy atom. The molecule has 0 spiro atoms. The first kappa shape index (κ1) is 9.71. The molecule has 1 aliphatic carbocycles. The maximum absolute atomic E-state index is 11.1. The van der Waals surface area contributed by atoms with Gasteiger partial charge in [-0.05, 0) is 18.6 Å². The summed E-state index contributed by atoms with van der Waals surface area (Å²) >= 11 is 1.72. The molecule has 0 amide bonds. The van der Waals surface area contributed by atoms with E-state index in [-0.39, 0.29) is 5.78 Å². The Kier molecular flexibility index (Phi) is 2.87. The van der Waals surface area contributed by atoms with Crippen LogP contribution < -0.4 is 0 Å². The van der Waals surface area contributed by atoms with E-state index in [9.17, 15) is 4.79 Å². The quantitative estimate of drug-likeness (QED) is 0.666. The highest BCUT2D eigenvalue weighted by molar-refractivity contribution is 8.05. The van der Waals surface area contributed by atoms with Gasteiger partial charge >= 0.3 is 0 Å². The zero-order chi connectivity index (χ0) is 9.97. The summed E-state index contributed by atoms with van der Waals surface area (Å²) in [5.74, 6) is 0.0857. The average molecular weight is 207 g/mol. The highest BCUT2D eigenvalue weighted by atomic mass is 32.2. The van der Waals surface area contributed by atoms with Crippen LogP contribution in [-0.2, 0) is 4.79 Å². The van der Waals surface area contributed by atoms with E-state index in [1.165, 1.54) is 12.8 Å². The molecule has 1 heterocycles. The molecule has 2 aliphatic rings. The van der Waals surface area contributed by atoms with E-state index in [0.717, 1.165) is 17.0 Å². The van der Waals surface area contributed by atoms with Gasteiger partial charge in [-0.1, -0.05) is 31.5 Å². The van der Waals surface area contributed by atoms with Crippen molar-refractivity contribution in [3.63, 3.8) is 0 Å². The van der Waals surface area contributed by atoms with Crippen LogP contribution in [0, 0.1) is 0 Å². The van der Waals surface area contributed by atoms with Crippen LogP contribution in [0.2, 0.25) is 0 Å². The summed E-state index contributed by atoms with van der Waals surface area (Å²) in [6.45, 7) is 2.18. The number of nitrogens with zero attached hydrogens (tertiary/aromatic N) is 1. The van der Waals surface area contributed by atoms with E-state index in [4.69, 9.17) is 0 Å². The van der Waals surface area contributed by atoms with Crippen LogP contribution in [0.3, 0.4) is 0 Å². The summed E-state index contributed by atoms with van der Waals surface area (Å²) in [4.78, 5) is 16.7. The Morgan fingerprint density at radius 2 is 2.36 bits per heavy atom. The van der Waals surface area contributed by atoms with E-state index >= 15 is 0 Å². The largest absolute Gasteiger partial charge is 0.290 e. The number of carbonyl (C=O) groups excluding carboxylic acids is 1. The van der Waals surface area contributed by atoms with E-state index in [0.29, 0.717) is 5.37 Å². The Balaban J connectivity index is 2.05. The molecule has 0 aromatic rings. The summed E-state index contributed by atoms with van der Waals surface area (Å²) in [5, 5.41) is 0.340. The second kappa shape index (κ2) is 4.13. The lowest BCUT2D eigenvalue weighted by atomic mass is 10.1. The fraction of sp³-hybridized carbons (Fsp3) is 0.455. The van der Waals surface area contributed by atoms with Crippen molar-refractivity contribution in [2.24, 2.45) is 4.99 Å². The maximum atomic E-state index is 11.1. The lowest BCUT2D eigenvalue weighted by Crippen LogP contribution is -2.01. The third-order valence-corrected chi connectivity index (χ3v) is 3.48. The summed E-state index contributed by atoms with van der Waals surface area (Å²) < 4.78 is 0. The first-order valence-corrected chi connectivity index (χ1v) is 5.86. The van der Waals surface area contributed by atoms with Gasteiger partial charge in [-0.3, -0.25) is 9.79 Å². The van der Waals surface area contributed by atoms with E-state index < -0.39 is 0 Å². The van der Waals surface area contributed by atoms with Crippen LogP contribution in [-0.4, -0.2) is 16.9 Å². The lowest BCUT2D eigenvalue weighted by Gasteiger charge is -2.03. The first-order chi connectivity index (χ1) is 6.79. The normalized spacial score (nSPS) is 24.6. The number of unbranched alkanes of at least 4 members (excludes halogenated alkanes) is 1. The van der Waals surface area contributed by atoms with E-state index in [1.807, 2.05) is 6.08 Å². The molecule has 0 bridgehead atoms. The molecule has 1 aliphatic heterocycles. The number of thioether (sulfide) groups is 1. The number of ketones is 1. The molecule has 0 aromatic heterocycles. The second-order valence-electron chi connectivity index (χ2n) is 3.47. The fourth-order valence-electron chi connectivity index (χ4n) is 1.53. The minimum atomic E-state index is 0.0857. The van der Waals surface area contributed by atoms with E-state index in [2.05, 4.69) is 11.9 Å². The highest BCUT2D eigenvalue weighted by Crippen LogP contribution is 2.35. The smallest absolute Gasteiger partial charge is 0.179 e. The maximum Gasteiger partial charge on any atom is 0.179 e. The van der Waals surface area contributed by atoms with Crippen molar-refractivity contribution >= 4 is 23.3 Å². The summed E-state index contributed by atoms with van der Waals surface area (Å²) in [6.07, 6.45) is 8.64. The van der Waals surface area contributed by atoms with E-state index in [1.54, 1.807) is 23.9 Å². The second-order valence-corrected chi connectivity index (χ2v) is 4.69. The van der Waals surface area contributed by atoms with Crippen molar-refractivity contribution in [3.05, 3.63) is 23.1 Å². The molecule has 0 saturated carbocycles. The van der Waals surface area contributed by atoms with Gasteiger partial charge in [0.15, 0.2) is 5.78 Å². The van der Waals surface area contributed by atoms with Gasteiger partial charge in [0.2, 0.25) is 0 Å². The average Bonchev–Trinajstić information content (AvgIpc) is 2.56. The summed E-state index contributed by atoms with van der Waals surface area (Å²) in [7, 11) is 0. The predicted octanol–water partition coefficient (Wildman–Crippen LogP) is 2.71. The SMILES string of the molecule is CCCCC1N=C2C=CC(=O)C=C2S1. The molecule has 2 rings (SSSR count). The monoisotopic (exact) mass is 207 g/mol. The molecule has 1 atom stereocenters. The fourth-order valence-corrected chi connectivity index (χ4v) is 2.70. The number of fused-ring (bicyclic) bond motifs is 1. The van der Waals surface area contributed by atoms with Crippen molar-refractivity contribution < 1.29 is 4.79 Å². The zero-order valence-electron chi connectivity index (χ0n) is 8.19. The third-order valence-electron chi connectivity index (χ3n) is 2.28. The van der Waals surface area contributed by atoms with Crippen molar-refractivity contribution in [2.75, 3.05) is 0 Å². The molecule has 1 unspecified atom stereocenters. The molecule has 0 radical (unpaired) electrons. The van der Waals surface area contributed by atoms with Gasteiger partial charge in [0.05, 0.1) is 5.71 Å². The van der Waals surface area contributed by atoms with Gasteiger partial charge < -0.3 is 0 Å². The number of carbonyl (C=O) groups is 1. The summed E-state index contributed by atoms with van der Waals surface area (Å²) in [6, 6.07) is 0. The molecule has 14 heavy (non-hydrogen) atoms. The third kappa shape index (κ3) is 1.98. The summed E-state index contributed by atoms with van der Waals surface area (Å²) in [5.41, 5.74) is 0.996. The Labute approximate surface area is 88.2 Å². The standard InChI is InChI=1S/C11H13NOS/c1-2-3-4-11-12-9-6-5-8(13)7-10(9)14-11/h5-7,11H,2-4H2,1H3. The van der Waals surface area contributed by atoms with Crippen LogP contribution in [0.25, 0.3) is 0 Å². The molecule has 0 fully saturated rings. The van der Waals surface area contributed by atoms with Crippen LogP contribution in [0.4, 0.5) is 0 Å². The number of allylic oxidation sites excluding steroid dienone is 4. The topological polar surface area (TPSA) is 29.4 Å². The number of hydrogen-bond donors (Lipinski definition) is 0. The van der Waals surface area contributed by atoms with Gasteiger partial charge in [0, 0.05) is 11.0 Å². The molecule has 0 saturated heterocycles. The minimum absolute atomic E-state index is 0.0857.